The molecule has 2 N–H and O–H groups in total. The first kappa shape index (κ1) is 20.6. The third kappa shape index (κ3) is 5.93. The number of sulfonamides is 1. The molecule has 0 fully saturated rings. The lowest BCUT2D eigenvalue weighted by Crippen LogP contribution is -2.33. The highest BCUT2D eigenvalue weighted by atomic mass is 32.2. The summed E-state index contributed by atoms with van der Waals surface area (Å²) in [7, 11) is -3.77. The summed E-state index contributed by atoms with van der Waals surface area (Å²) in [5.41, 5.74) is 2.00. The second-order valence-corrected chi connectivity index (χ2v) is 8.58. The van der Waals surface area contributed by atoms with Crippen molar-refractivity contribution in [2.24, 2.45) is 0 Å². The first-order valence-electron chi connectivity index (χ1n) is 9.47. The predicted octanol–water partition coefficient (Wildman–Crippen LogP) is 4.24. The molecule has 0 radical (unpaired) electrons. The summed E-state index contributed by atoms with van der Waals surface area (Å²) in [6.07, 6.45) is 1.65. The van der Waals surface area contributed by atoms with Crippen molar-refractivity contribution in [3.8, 4) is 0 Å². The summed E-state index contributed by atoms with van der Waals surface area (Å²) >= 11 is 0. The molecule has 3 aromatic carbocycles. The van der Waals surface area contributed by atoms with E-state index in [1.54, 1.807) is 36.4 Å². The van der Waals surface area contributed by atoms with Gasteiger partial charge in [0.2, 0.25) is 0 Å². The lowest BCUT2D eigenvalue weighted by molar-refractivity contribution is 0.0938. The van der Waals surface area contributed by atoms with E-state index in [0.29, 0.717) is 11.3 Å². The van der Waals surface area contributed by atoms with E-state index < -0.39 is 10.0 Å². The Hall–Kier alpha value is -3.12. The Bertz CT molecular complexity index is 1050. The molecule has 0 aromatic heterocycles. The highest BCUT2D eigenvalue weighted by Gasteiger charge is 2.17. The molecule has 1 atom stereocenters. The molecular weight excluding hydrogens is 384 g/mol. The van der Waals surface area contributed by atoms with Crippen molar-refractivity contribution in [3.63, 3.8) is 0 Å². The van der Waals surface area contributed by atoms with E-state index in [9.17, 15) is 13.2 Å². The molecule has 3 aromatic rings. The van der Waals surface area contributed by atoms with Gasteiger partial charge in [-0.05, 0) is 55.7 Å². The molecule has 0 aliphatic heterocycles. The van der Waals surface area contributed by atoms with Gasteiger partial charge in [-0.1, -0.05) is 54.6 Å². The number of hydrogen-bond donors (Lipinski definition) is 2. The molecule has 0 aliphatic rings. The summed E-state index contributed by atoms with van der Waals surface area (Å²) in [4.78, 5) is 12.6. The molecule has 1 amide bonds. The molecule has 0 saturated carbocycles. The first-order valence-corrected chi connectivity index (χ1v) is 10.9. The van der Waals surface area contributed by atoms with Gasteiger partial charge >= 0.3 is 0 Å². The third-order valence-corrected chi connectivity index (χ3v) is 5.90. The smallest absolute Gasteiger partial charge is 0.261 e. The van der Waals surface area contributed by atoms with Crippen LogP contribution in [0.15, 0.2) is 89.8 Å². The fourth-order valence-corrected chi connectivity index (χ4v) is 4.04. The van der Waals surface area contributed by atoms with Gasteiger partial charge < -0.3 is 5.32 Å². The quantitative estimate of drug-likeness (QED) is 0.585. The van der Waals surface area contributed by atoms with Gasteiger partial charge in [-0.3, -0.25) is 9.52 Å². The van der Waals surface area contributed by atoms with E-state index >= 15 is 0 Å². The topological polar surface area (TPSA) is 75.3 Å². The molecule has 0 spiro atoms. The molecule has 0 saturated heterocycles. The van der Waals surface area contributed by atoms with E-state index in [2.05, 4.69) is 22.2 Å². The number of benzene rings is 3. The monoisotopic (exact) mass is 408 g/mol. The van der Waals surface area contributed by atoms with Gasteiger partial charge in [0.05, 0.1) is 4.90 Å². The minimum Gasteiger partial charge on any atom is -0.350 e. The third-order valence-electron chi connectivity index (χ3n) is 4.52. The summed E-state index contributed by atoms with van der Waals surface area (Å²) in [5.74, 6) is -0.290. The Morgan fingerprint density at radius 1 is 0.897 bits per heavy atom. The number of amides is 1. The number of aryl methyl sites for hydroxylation is 1. The normalized spacial score (nSPS) is 12.2. The molecule has 0 heterocycles. The highest BCUT2D eigenvalue weighted by molar-refractivity contribution is 7.92. The second-order valence-electron chi connectivity index (χ2n) is 6.90. The van der Waals surface area contributed by atoms with Crippen molar-refractivity contribution in [1.29, 1.82) is 0 Å². The van der Waals surface area contributed by atoms with Crippen LogP contribution in [-0.4, -0.2) is 20.4 Å². The zero-order valence-corrected chi connectivity index (χ0v) is 17.0. The summed E-state index contributed by atoms with van der Waals surface area (Å²) in [6.45, 7) is 1.94. The van der Waals surface area contributed by atoms with E-state index in [4.69, 9.17) is 0 Å². The van der Waals surface area contributed by atoms with Crippen LogP contribution >= 0.6 is 0 Å². The summed E-state index contributed by atoms with van der Waals surface area (Å²) in [5, 5.41) is 2.94. The molecule has 5 nitrogen and oxygen atoms in total. The maximum atomic E-state index is 12.6. The molecular formula is C23H24N2O3S. The van der Waals surface area contributed by atoms with Gasteiger partial charge in [0.1, 0.15) is 0 Å². The maximum Gasteiger partial charge on any atom is 0.261 e. The minimum absolute atomic E-state index is 0.0367. The minimum atomic E-state index is -3.77. The standard InChI is InChI=1S/C23H24N2O3S/c1-18(15-16-19-9-4-2-5-10-19)24-23(26)20-11-8-14-22(17-20)29(27,28)25-21-12-6-3-7-13-21/h2-14,17-18,25H,15-16H2,1H3,(H,24,26). The fraction of sp³-hybridized carbons (Fsp3) is 0.174. The predicted molar refractivity (Wildman–Crippen MR) is 115 cm³/mol. The molecule has 150 valence electrons. The van der Waals surface area contributed by atoms with Crippen molar-refractivity contribution in [2.45, 2.75) is 30.7 Å². The number of nitrogens with one attached hydrogen (secondary N) is 2. The van der Waals surface area contributed by atoms with Crippen LogP contribution in [0.3, 0.4) is 0 Å². The fourth-order valence-electron chi connectivity index (χ4n) is 2.93. The Kier molecular flexibility index (Phi) is 6.67. The lowest BCUT2D eigenvalue weighted by Gasteiger charge is -2.15. The Labute approximate surface area is 171 Å². The van der Waals surface area contributed by atoms with Crippen molar-refractivity contribution in [2.75, 3.05) is 4.72 Å². The number of carbonyl (C=O) groups is 1. The highest BCUT2D eigenvalue weighted by Crippen LogP contribution is 2.17. The summed E-state index contributed by atoms with van der Waals surface area (Å²) < 4.78 is 27.8. The van der Waals surface area contributed by atoms with Gasteiger partial charge in [-0.2, -0.15) is 0 Å². The Morgan fingerprint density at radius 2 is 1.55 bits per heavy atom. The zero-order valence-electron chi connectivity index (χ0n) is 16.2. The van der Waals surface area contributed by atoms with Crippen molar-refractivity contribution >= 4 is 21.6 Å². The Balaban J connectivity index is 1.64. The molecule has 29 heavy (non-hydrogen) atoms. The van der Waals surface area contributed by atoms with Gasteiger partial charge in [0.25, 0.3) is 15.9 Å². The molecule has 0 bridgehead atoms. The van der Waals surface area contributed by atoms with Crippen LogP contribution < -0.4 is 10.0 Å². The van der Waals surface area contributed by atoms with Crippen LogP contribution in [-0.2, 0) is 16.4 Å². The van der Waals surface area contributed by atoms with Crippen LogP contribution in [0.25, 0.3) is 0 Å². The number of rotatable bonds is 8. The van der Waals surface area contributed by atoms with E-state index in [1.807, 2.05) is 31.2 Å². The van der Waals surface area contributed by atoms with Gasteiger partial charge in [-0.25, -0.2) is 8.42 Å². The maximum absolute atomic E-state index is 12.6. The van der Waals surface area contributed by atoms with E-state index in [0.717, 1.165) is 12.8 Å². The van der Waals surface area contributed by atoms with E-state index in [1.165, 1.54) is 17.7 Å². The SMILES string of the molecule is CC(CCc1ccccc1)NC(=O)c1cccc(S(=O)(=O)Nc2ccccc2)c1. The molecule has 0 aliphatic carbocycles. The summed E-state index contributed by atoms with van der Waals surface area (Å²) in [6, 6.07) is 24.7. The molecule has 6 heteroatoms. The zero-order chi connectivity index (χ0) is 20.7. The van der Waals surface area contributed by atoms with Crippen LogP contribution in [0, 0.1) is 0 Å². The average molecular weight is 409 g/mol. The van der Waals surface area contributed by atoms with Crippen molar-refractivity contribution in [3.05, 3.63) is 96.1 Å². The first-order chi connectivity index (χ1) is 13.9. The van der Waals surface area contributed by atoms with Crippen LogP contribution in [0.4, 0.5) is 5.69 Å². The lowest BCUT2D eigenvalue weighted by atomic mass is 10.1. The largest absolute Gasteiger partial charge is 0.350 e. The van der Waals surface area contributed by atoms with Crippen LogP contribution in [0.1, 0.15) is 29.3 Å². The second kappa shape index (κ2) is 9.39. The number of anilines is 1. The van der Waals surface area contributed by atoms with E-state index in [-0.39, 0.29) is 16.8 Å². The van der Waals surface area contributed by atoms with Gasteiger partial charge in [-0.15, -0.1) is 0 Å². The number of hydrogen-bond acceptors (Lipinski definition) is 3. The number of para-hydroxylation sites is 1. The van der Waals surface area contributed by atoms with Crippen molar-refractivity contribution < 1.29 is 13.2 Å². The van der Waals surface area contributed by atoms with Gasteiger partial charge in [0.15, 0.2) is 0 Å². The average Bonchev–Trinajstić information content (AvgIpc) is 2.73. The Morgan fingerprint density at radius 3 is 2.24 bits per heavy atom. The molecule has 3 rings (SSSR count). The van der Waals surface area contributed by atoms with Gasteiger partial charge in [0, 0.05) is 17.3 Å². The van der Waals surface area contributed by atoms with Crippen LogP contribution in [0.5, 0.6) is 0 Å². The number of carbonyl (C=O) groups excluding carboxylic acids is 1. The molecule has 1 unspecified atom stereocenters. The van der Waals surface area contributed by atoms with Crippen molar-refractivity contribution in [1.82, 2.24) is 5.32 Å². The van der Waals surface area contributed by atoms with Crippen LogP contribution in [0.2, 0.25) is 0 Å².